The van der Waals surface area contributed by atoms with Crippen LogP contribution in [-0.4, -0.2) is 28.6 Å². The van der Waals surface area contributed by atoms with Crippen molar-refractivity contribution in [1.82, 2.24) is 5.32 Å². The first kappa shape index (κ1) is 24.7. The Bertz CT molecular complexity index is 1030. The molecule has 2 atom stereocenters. The maximum Gasteiger partial charge on any atom is 0.254 e. The lowest BCUT2D eigenvalue weighted by molar-refractivity contribution is -0.117. The minimum Gasteiger partial charge on any atom is -0.352 e. The van der Waals surface area contributed by atoms with Crippen LogP contribution in [0.2, 0.25) is 15.1 Å². The van der Waals surface area contributed by atoms with Crippen molar-refractivity contribution in [3.63, 3.8) is 0 Å². The van der Waals surface area contributed by atoms with E-state index in [-0.39, 0.29) is 26.3 Å². The number of nitrogens with one attached hydrogen (secondary N) is 2. The van der Waals surface area contributed by atoms with Crippen molar-refractivity contribution >= 4 is 87.1 Å². The standard InChI is InChI=1S/C20H15Cl6FN2O2/c21-6-1-7-28-18(30)14-10(22)3-5-13(17(14)24)29-19(31)16-15(20(16,25)26)9-2-4-12(27)11(23)8-9/h2-5,8,15-16H,1,6-7H2,(H,28,30)(H,29,31)/t15-,16+/m0/s1. The number of anilines is 1. The van der Waals surface area contributed by atoms with Gasteiger partial charge in [0.1, 0.15) is 10.2 Å². The molecule has 2 amide bonds. The molecule has 2 aromatic carbocycles. The zero-order chi connectivity index (χ0) is 22.9. The van der Waals surface area contributed by atoms with Crippen molar-refractivity contribution in [3.8, 4) is 0 Å². The van der Waals surface area contributed by atoms with Crippen LogP contribution >= 0.6 is 69.6 Å². The van der Waals surface area contributed by atoms with E-state index < -0.39 is 33.8 Å². The number of halogens is 7. The Morgan fingerprint density at radius 2 is 1.77 bits per heavy atom. The minimum absolute atomic E-state index is 0.0244. The summed E-state index contributed by atoms with van der Waals surface area (Å²) in [4.78, 5) is 25.3. The van der Waals surface area contributed by atoms with Gasteiger partial charge in [0.05, 0.1) is 32.2 Å². The lowest BCUT2D eigenvalue weighted by atomic mass is 10.1. The van der Waals surface area contributed by atoms with Gasteiger partial charge in [0, 0.05) is 18.3 Å². The van der Waals surface area contributed by atoms with Gasteiger partial charge in [0.2, 0.25) is 5.91 Å². The molecule has 1 aliphatic carbocycles. The highest BCUT2D eigenvalue weighted by atomic mass is 35.5. The van der Waals surface area contributed by atoms with Crippen molar-refractivity contribution in [2.24, 2.45) is 5.92 Å². The Morgan fingerprint density at radius 3 is 2.42 bits per heavy atom. The fourth-order valence-corrected chi connectivity index (χ4v) is 4.94. The van der Waals surface area contributed by atoms with Gasteiger partial charge in [-0.3, -0.25) is 9.59 Å². The number of benzene rings is 2. The Labute approximate surface area is 208 Å². The molecule has 0 bridgehead atoms. The lowest BCUT2D eigenvalue weighted by Gasteiger charge is -2.13. The van der Waals surface area contributed by atoms with Crippen molar-refractivity contribution in [2.75, 3.05) is 17.7 Å². The summed E-state index contributed by atoms with van der Waals surface area (Å²) in [7, 11) is 0. The van der Waals surface area contributed by atoms with Crippen molar-refractivity contribution < 1.29 is 14.0 Å². The molecule has 31 heavy (non-hydrogen) atoms. The zero-order valence-electron chi connectivity index (χ0n) is 15.6. The maximum atomic E-state index is 13.5. The average molecular weight is 547 g/mol. The Balaban J connectivity index is 1.79. The SMILES string of the molecule is O=C(NCCCCl)c1c(Cl)ccc(NC(=O)[C@H]2[C@H](c3ccc(F)c(Cl)c3)C2(Cl)Cl)c1Cl. The third kappa shape index (κ3) is 5.18. The van der Waals surface area contributed by atoms with Crippen LogP contribution in [0.5, 0.6) is 0 Å². The number of carbonyl (C=O) groups is 2. The second kappa shape index (κ2) is 9.90. The Kier molecular flexibility index (Phi) is 7.88. The third-order valence-electron chi connectivity index (χ3n) is 4.81. The predicted octanol–water partition coefficient (Wildman–Crippen LogP) is 6.67. The fourth-order valence-electron chi connectivity index (χ4n) is 3.20. The molecule has 0 radical (unpaired) electrons. The third-order valence-corrected chi connectivity index (χ3v) is 7.02. The summed E-state index contributed by atoms with van der Waals surface area (Å²) >= 11 is 36.5. The number of hydrogen-bond donors (Lipinski definition) is 2. The Morgan fingerprint density at radius 1 is 1.06 bits per heavy atom. The van der Waals surface area contributed by atoms with Crippen LogP contribution in [-0.2, 0) is 4.79 Å². The smallest absolute Gasteiger partial charge is 0.254 e. The average Bonchev–Trinajstić information content (AvgIpc) is 3.28. The fraction of sp³-hybridized carbons (Fsp3) is 0.300. The van der Waals surface area contributed by atoms with Crippen LogP contribution in [0.1, 0.15) is 28.3 Å². The lowest BCUT2D eigenvalue weighted by Crippen LogP contribution is -2.26. The first-order valence-corrected chi connectivity index (χ1v) is 11.5. The predicted molar refractivity (Wildman–Crippen MR) is 125 cm³/mol. The van der Waals surface area contributed by atoms with Gasteiger partial charge in [-0.15, -0.1) is 34.8 Å². The van der Waals surface area contributed by atoms with Crippen LogP contribution in [0.15, 0.2) is 30.3 Å². The molecule has 1 fully saturated rings. The summed E-state index contributed by atoms with van der Waals surface area (Å²) in [5.41, 5.74) is 0.722. The van der Waals surface area contributed by atoms with Crippen molar-refractivity contribution in [3.05, 3.63) is 62.3 Å². The first-order valence-electron chi connectivity index (χ1n) is 9.05. The normalized spacial score (nSPS) is 19.1. The van der Waals surface area contributed by atoms with Crippen LogP contribution in [0.25, 0.3) is 0 Å². The number of amides is 2. The molecule has 0 aromatic heterocycles. The van der Waals surface area contributed by atoms with E-state index >= 15 is 0 Å². The van der Waals surface area contributed by atoms with Gasteiger partial charge in [0.25, 0.3) is 5.91 Å². The quantitative estimate of drug-likeness (QED) is 0.301. The molecule has 2 N–H and O–H groups in total. The number of hydrogen-bond acceptors (Lipinski definition) is 2. The highest BCUT2D eigenvalue weighted by Gasteiger charge is 2.67. The van der Waals surface area contributed by atoms with Gasteiger partial charge in [0.15, 0.2) is 0 Å². The summed E-state index contributed by atoms with van der Waals surface area (Å²) in [6, 6.07) is 6.94. The van der Waals surface area contributed by atoms with Gasteiger partial charge >= 0.3 is 0 Å². The number of rotatable bonds is 7. The van der Waals surface area contributed by atoms with Crippen LogP contribution in [0.4, 0.5) is 10.1 Å². The van der Waals surface area contributed by atoms with Crippen LogP contribution in [0.3, 0.4) is 0 Å². The molecular formula is C20H15Cl6FN2O2. The molecule has 0 aliphatic heterocycles. The maximum absolute atomic E-state index is 13.5. The van der Waals surface area contributed by atoms with Gasteiger partial charge in [-0.05, 0) is 36.2 Å². The second-order valence-electron chi connectivity index (χ2n) is 6.88. The topological polar surface area (TPSA) is 58.2 Å². The zero-order valence-corrected chi connectivity index (χ0v) is 20.2. The molecule has 2 aromatic rings. The monoisotopic (exact) mass is 544 g/mol. The summed E-state index contributed by atoms with van der Waals surface area (Å²) in [5.74, 6) is -2.66. The Hall–Kier alpha value is -0.950. The van der Waals surface area contributed by atoms with Crippen molar-refractivity contribution in [1.29, 1.82) is 0 Å². The van der Waals surface area contributed by atoms with E-state index in [1.54, 1.807) is 0 Å². The van der Waals surface area contributed by atoms with Crippen molar-refractivity contribution in [2.45, 2.75) is 16.7 Å². The van der Waals surface area contributed by atoms with E-state index in [2.05, 4.69) is 10.6 Å². The summed E-state index contributed by atoms with van der Waals surface area (Å²) in [5, 5.41) is 5.29. The molecule has 166 valence electrons. The molecule has 1 saturated carbocycles. The van der Waals surface area contributed by atoms with Gasteiger partial charge in [-0.25, -0.2) is 4.39 Å². The molecule has 11 heteroatoms. The van der Waals surface area contributed by atoms with E-state index in [1.807, 2.05) is 0 Å². The molecule has 0 unspecified atom stereocenters. The molecule has 0 spiro atoms. The summed E-state index contributed by atoms with van der Waals surface area (Å²) < 4.78 is 12.0. The van der Waals surface area contributed by atoms with E-state index in [0.717, 1.165) is 0 Å². The second-order valence-corrected chi connectivity index (χ2v) is 9.89. The van der Waals surface area contributed by atoms with E-state index in [9.17, 15) is 14.0 Å². The molecule has 1 aliphatic rings. The highest BCUT2D eigenvalue weighted by Crippen LogP contribution is 2.65. The largest absolute Gasteiger partial charge is 0.352 e. The van der Waals surface area contributed by atoms with Gasteiger partial charge < -0.3 is 10.6 Å². The number of carbonyl (C=O) groups excluding carboxylic acids is 2. The highest BCUT2D eigenvalue weighted by molar-refractivity contribution is 6.53. The molecule has 0 saturated heterocycles. The van der Waals surface area contributed by atoms with E-state index in [0.29, 0.717) is 24.4 Å². The number of alkyl halides is 3. The van der Waals surface area contributed by atoms with Crippen LogP contribution in [0, 0.1) is 11.7 Å². The molecule has 3 rings (SSSR count). The molecule has 4 nitrogen and oxygen atoms in total. The van der Waals surface area contributed by atoms with E-state index in [4.69, 9.17) is 69.6 Å². The first-order chi connectivity index (χ1) is 14.6. The summed E-state index contributed by atoms with van der Waals surface area (Å²) in [6.45, 7) is 0.344. The minimum atomic E-state index is -1.41. The molecular weight excluding hydrogens is 532 g/mol. The molecule has 0 heterocycles. The van der Waals surface area contributed by atoms with E-state index in [1.165, 1.54) is 30.3 Å². The van der Waals surface area contributed by atoms with Crippen LogP contribution < -0.4 is 10.6 Å². The van der Waals surface area contributed by atoms with Gasteiger partial charge in [-0.2, -0.15) is 0 Å². The summed E-state index contributed by atoms with van der Waals surface area (Å²) in [6.07, 6.45) is 0.572. The van der Waals surface area contributed by atoms with Gasteiger partial charge in [-0.1, -0.05) is 40.9 Å².